The lowest BCUT2D eigenvalue weighted by molar-refractivity contribution is 0.379. The lowest BCUT2D eigenvalue weighted by atomic mass is 9.94. The number of nitrogens with zero attached hydrogens (tertiary/aromatic N) is 2. The number of hydrogen-bond donors (Lipinski definition) is 2. The summed E-state index contributed by atoms with van der Waals surface area (Å²) in [4.78, 5) is 8.52. The fourth-order valence-corrected chi connectivity index (χ4v) is 2.01. The number of halogens is 1. The lowest BCUT2D eigenvalue weighted by Gasteiger charge is -2.13. The maximum Gasteiger partial charge on any atom is 0.213 e. The molecule has 6 heteroatoms. The van der Waals surface area contributed by atoms with E-state index in [1.165, 1.54) is 11.1 Å². The van der Waals surface area contributed by atoms with Crippen molar-refractivity contribution >= 4 is 29.9 Å². The van der Waals surface area contributed by atoms with Crippen LogP contribution in [-0.2, 0) is 18.5 Å². The second-order valence-corrected chi connectivity index (χ2v) is 6.63. The first-order valence-corrected chi connectivity index (χ1v) is 7.84. The highest BCUT2D eigenvalue weighted by Gasteiger charge is 2.19. The first kappa shape index (κ1) is 20.5. The minimum absolute atomic E-state index is 0. The van der Waals surface area contributed by atoms with Crippen LogP contribution in [0.5, 0.6) is 0 Å². The summed E-state index contributed by atoms with van der Waals surface area (Å²) in [6, 6.07) is 8.43. The van der Waals surface area contributed by atoms with Gasteiger partial charge in [-0.25, -0.2) is 4.98 Å². The number of aliphatic imine (C=N–C) groups is 1. The third-order valence-corrected chi connectivity index (χ3v) is 3.50. The molecule has 132 valence electrons. The normalized spacial score (nSPS) is 11.8. The number of guanidine groups is 1. The zero-order valence-corrected chi connectivity index (χ0v) is 17.3. The number of oxazole rings is 1. The summed E-state index contributed by atoms with van der Waals surface area (Å²) < 4.78 is 5.76. The van der Waals surface area contributed by atoms with E-state index in [1.807, 2.05) is 0 Å². The highest BCUT2D eigenvalue weighted by molar-refractivity contribution is 14.0. The Morgan fingerprint density at radius 3 is 2.29 bits per heavy atom. The van der Waals surface area contributed by atoms with Crippen molar-refractivity contribution in [1.29, 1.82) is 0 Å². The summed E-state index contributed by atoms with van der Waals surface area (Å²) >= 11 is 0. The zero-order valence-electron chi connectivity index (χ0n) is 15.0. The maximum absolute atomic E-state index is 5.76. The molecule has 2 N–H and O–H groups in total. The molecule has 0 fully saturated rings. The van der Waals surface area contributed by atoms with Gasteiger partial charge in [0.05, 0.1) is 12.7 Å². The monoisotopic (exact) mass is 442 g/mol. The minimum atomic E-state index is -0.0311. The molecule has 0 atom stereocenters. The maximum atomic E-state index is 5.76. The van der Waals surface area contributed by atoms with Crippen molar-refractivity contribution in [2.24, 2.45) is 4.99 Å². The van der Waals surface area contributed by atoms with E-state index in [2.05, 4.69) is 72.6 Å². The van der Waals surface area contributed by atoms with E-state index in [9.17, 15) is 0 Å². The summed E-state index contributed by atoms with van der Waals surface area (Å²) in [5, 5.41) is 6.50. The Labute approximate surface area is 161 Å². The standard InChI is InChI=1S/C18H26N4O.HI/c1-13-6-8-14(9-7-13)10-21-17(19-5)22-12-16-20-11-15(23-16)18(2,3)4;/h6-9,11H,10,12H2,1-5H3,(H2,19,21,22);1H. The highest BCUT2D eigenvalue weighted by Crippen LogP contribution is 2.22. The summed E-state index contributed by atoms with van der Waals surface area (Å²) in [6.07, 6.45) is 1.79. The molecule has 1 aromatic heterocycles. The molecule has 24 heavy (non-hydrogen) atoms. The number of rotatable bonds is 4. The number of aryl methyl sites for hydroxylation is 1. The minimum Gasteiger partial charge on any atom is -0.443 e. The highest BCUT2D eigenvalue weighted by atomic mass is 127. The van der Waals surface area contributed by atoms with Crippen LogP contribution in [0.1, 0.15) is 43.5 Å². The third kappa shape index (κ3) is 6.14. The first-order chi connectivity index (χ1) is 10.9. The molecule has 1 aromatic carbocycles. The van der Waals surface area contributed by atoms with E-state index < -0.39 is 0 Å². The Kier molecular flexibility index (Phi) is 7.72. The van der Waals surface area contributed by atoms with Crippen molar-refractivity contribution < 1.29 is 4.42 Å². The SMILES string of the molecule is CN=C(NCc1ccc(C)cc1)NCc1ncc(C(C)(C)C)o1.I. The summed E-state index contributed by atoms with van der Waals surface area (Å²) in [5.74, 6) is 2.27. The quantitative estimate of drug-likeness (QED) is 0.430. The van der Waals surface area contributed by atoms with Gasteiger partial charge >= 0.3 is 0 Å². The van der Waals surface area contributed by atoms with Crippen molar-refractivity contribution in [3.05, 3.63) is 53.2 Å². The fraction of sp³-hybridized carbons (Fsp3) is 0.444. The molecular formula is C18H27IN4O. The van der Waals surface area contributed by atoms with E-state index in [1.54, 1.807) is 13.2 Å². The van der Waals surface area contributed by atoms with Crippen LogP contribution in [0.4, 0.5) is 0 Å². The number of benzene rings is 1. The van der Waals surface area contributed by atoms with Gasteiger partial charge in [-0.1, -0.05) is 50.6 Å². The molecule has 0 saturated heterocycles. The molecule has 0 radical (unpaired) electrons. The molecule has 5 nitrogen and oxygen atoms in total. The van der Waals surface area contributed by atoms with Crippen LogP contribution in [0.3, 0.4) is 0 Å². The molecule has 0 aliphatic rings. The van der Waals surface area contributed by atoms with E-state index in [0.717, 1.165) is 18.3 Å². The Balaban J connectivity index is 0.00000288. The number of hydrogen-bond acceptors (Lipinski definition) is 3. The molecule has 2 rings (SSSR count). The van der Waals surface area contributed by atoms with Crippen LogP contribution in [0.15, 0.2) is 39.9 Å². The van der Waals surface area contributed by atoms with Gasteiger partial charge in [0.2, 0.25) is 5.89 Å². The molecule has 0 amide bonds. The lowest BCUT2D eigenvalue weighted by Crippen LogP contribution is -2.36. The second-order valence-electron chi connectivity index (χ2n) is 6.63. The molecular weight excluding hydrogens is 415 g/mol. The number of nitrogens with one attached hydrogen (secondary N) is 2. The Morgan fingerprint density at radius 2 is 1.75 bits per heavy atom. The number of aromatic nitrogens is 1. The Hall–Kier alpha value is -1.57. The van der Waals surface area contributed by atoms with E-state index in [-0.39, 0.29) is 29.4 Å². The van der Waals surface area contributed by atoms with E-state index >= 15 is 0 Å². The van der Waals surface area contributed by atoms with Gasteiger partial charge < -0.3 is 15.1 Å². The molecule has 1 heterocycles. The smallest absolute Gasteiger partial charge is 0.213 e. The van der Waals surface area contributed by atoms with Crippen LogP contribution in [0, 0.1) is 6.92 Å². The van der Waals surface area contributed by atoms with Crippen LogP contribution in [-0.4, -0.2) is 18.0 Å². The molecule has 0 bridgehead atoms. The summed E-state index contributed by atoms with van der Waals surface area (Å²) in [6.45, 7) is 9.62. The Bertz CT molecular complexity index is 656. The third-order valence-electron chi connectivity index (χ3n) is 3.50. The predicted octanol–water partition coefficient (Wildman–Crippen LogP) is 3.76. The molecule has 0 spiro atoms. The van der Waals surface area contributed by atoms with Crippen molar-refractivity contribution in [3.63, 3.8) is 0 Å². The largest absolute Gasteiger partial charge is 0.443 e. The summed E-state index contributed by atoms with van der Waals surface area (Å²) in [5.41, 5.74) is 2.44. The van der Waals surface area contributed by atoms with Crippen molar-refractivity contribution in [1.82, 2.24) is 15.6 Å². The van der Waals surface area contributed by atoms with Gasteiger partial charge in [0.1, 0.15) is 5.76 Å². The molecule has 2 aromatic rings. The first-order valence-electron chi connectivity index (χ1n) is 7.84. The molecule has 0 saturated carbocycles. The zero-order chi connectivity index (χ0) is 16.9. The van der Waals surface area contributed by atoms with Gasteiger partial charge in [-0.3, -0.25) is 4.99 Å². The van der Waals surface area contributed by atoms with Crippen LogP contribution in [0.25, 0.3) is 0 Å². The van der Waals surface area contributed by atoms with Gasteiger partial charge in [0.15, 0.2) is 5.96 Å². The molecule has 0 aliphatic carbocycles. The van der Waals surface area contributed by atoms with Gasteiger partial charge in [0, 0.05) is 19.0 Å². The van der Waals surface area contributed by atoms with Crippen molar-refractivity contribution in [3.8, 4) is 0 Å². The Morgan fingerprint density at radius 1 is 1.12 bits per heavy atom. The van der Waals surface area contributed by atoms with E-state index in [0.29, 0.717) is 12.4 Å². The van der Waals surface area contributed by atoms with Gasteiger partial charge in [-0.2, -0.15) is 0 Å². The second kappa shape index (κ2) is 9.05. The van der Waals surface area contributed by atoms with Crippen molar-refractivity contribution in [2.75, 3.05) is 7.05 Å². The molecule has 0 aliphatic heterocycles. The topological polar surface area (TPSA) is 62.5 Å². The average molecular weight is 442 g/mol. The van der Waals surface area contributed by atoms with Crippen LogP contribution < -0.4 is 10.6 Å². The van der Waals surface area contributed by atoms with Gasteiger partial charge in [-0.15, -0.1) is 24.0 Å². The predicted molar refractivity (Wildman–Crippen MR) is 109 cm³/mol. The van der Waals surface area contributed by atoms with Crippen LogP contribution in [0.2, 0.25) is 0 Å². The van der Waals surface area contributed by atoms with Crippen molar-refractivity contribution in [2.45, 2.75) is 46.2 Å². The average Bonchev–Trinajstić information content (AvgIpc) is 2.98. The van der Waals surface area contributed by atoms with Crippen LogP contribution >= 0.6 is 24.0 Å². The molecule has 0 unspecified atom stereocenters. The van der Waals surface area contributed by atoms with E-state index in [4.69, 9.17) is 4.42 Å². The van der Waals surface area contributed by atoms with Gasteiger partial charge in [-0.05, 0) is 12.5 Å². The fourth-order valence-electron chi connectivity index (χ4n) is 2.01. The summed E-state index contributed by atoms with van der Waals surface area (Å²) in [7, 11) is 1.75. The van der Waals surface area contributed by atoms with Gasteiger partial charge in [0.25, 0.3) is 0 Å².